The second-order valence-electron chi connectivity index (χ2n) is 8.86. The van der Waals surface area contributed by atoms with Crippen molar-refractivity contribution in [2.45, 2.75) is 119 Å². The number of hydrogen-bond acceptors (Lipinski definition) is 1. The van der Waals surface area contributed by atoms with Gasteiger partial charge in [0.15, 0.2) is 0 Å². The number of unbranched alkanes of at least 4 members (excludes halogenated alkanes) is 3. The Labute approximate surface area is 166 Å². The summed E-state index contributed by atoms with van der Waals surface area (Å²) in [7, 11) is 0. The third kappa shape index (κ3) is 11.6. The summed E-state index contributed by atoms with van der Waals surface area (Å²) < 4.78 is 0.0899. The third-order valence-electron chi connectivity index (χ3n) is 6.40. The Bertz CT molecular complexity index is 259. The van der Waals surface area contributed by atoms with E-state index in [1.165, 1.54) is 77.0 Å². The van der Waals surface area contributed by atoms with Crippen LogP contribution in [0.5, 0.6) is 0 Å². The Kier molecular flexibility index (Phi) is 15.9. The van der Waals surface area contributed by atoms with Crippen molar-refractivity contribution in [3.05, 3.63) is 5.21 Å². The molecule has 0 radical (unpaired) electrons. The Morgan fingerprint density at radius 2 is 0.808 bits per heavy atom. The molecule has 2 heteroatoms. The molecule has 0 aliphatic heterocycles. The van der Waals surface area contributed by atoms with E-state index in [9.17, 15) is 5.21 Å². The molecule has 0 spiro atoms. The zero-order valence-corrected chi connectivity index (χ0v) is 19.2. The number of hydroxylamine groups is 3. The maximum Gasteiger partial charge on any atom is 0.0812 e. The van der Waals surface area contributed by atoms with Crippen molar-refractivity contribution < 1.29 is 4.65 Å². The van der Waals surface area contributed by atoms with Gasteiger partial charge in [-0.2, -0.15) is 0 Å². The highest BCUT2D eigenvalue weighted by atomic mass is 16.5. The van der Waals surface area contributed by atoms with E-state index in [2.05, 4.69) is 41.5 Å². The first-order valence-corrected chi connectivity index (χ1v) is 12.0. The number of nitrogens with zero attached hydrogens (tertiary/aromatic N) is 1. The summed E-state index contributed by atoms with van der Waals surface area (Å²) in [6.07, 6.45) is 14.8. The highest BCUT2D eigenvalue weighted by Crippen LogP contribution is 2.27. The van der Waals surface area contributed by atoms with Gasteiger partial charge in [-0.15, -0.1) is 0 Å². The largest absolute Gasteiger partial charge is 0.633 e. The van der Waals surface area contributed by atoms with Crippen molar-refractivity contribution in [2.24, 2.45) is 17.8 Å². The molecule has 0 rings (SSSR count). The first-order chi connectivity index (χ1) is 12.5. The van der Waals surface area contributed by atoms with Crippen LogP contribution in [0.4, 0.5) is 0 Å². The molecule has 3 atom stereocenters. The highest BCUT2D eigenvalue weighted by molar-refractivity contribution is 4.66. The molecule has 0 aromatic carbocycles. The lowest BCUT2D eigenvalue weighted by Crippen LogP contribution is -2.51. The molecule has 0 aliphatic carbocycles. The molecule has 2 nitrogen and oxygen atoms in total. The average Bonchev–Trinajstić information content (AvgIpc) is 2.65. The van der Waals surface area contributed by atoms with Gasteiger partial charge in [0.1, 0.15) is 0 Å². The summed E-state index contributed by atoms with van der Waals surface area (Å²) in [5.74, 6) is 1.83. The van der Waals surface area contributed by atoms with Crippen molar-refractivity contribution in [3.8, 4) is 0 Å². The Morgan fingerprint density at radius 1 is 0.538 bits per heavy atom. The fraction of sp³-hybridized carbons (Fsp3) is 1.00. The standard InChI is InChI=1S/C24H51NO/c1-7-13-16-22(10-4)19-25(26,20-23(11-5)17-14-8-2)21-24(12-6)18-15-9-3/h22-24H,7-21H2,1-6H3. The Morgan fingerprint density at radius 3 is 1.00 bits per heavy atom. The Balaban J connectivity index is 5.12. The summed E-state index contributed by atoms with van der Waals surface area (Å²) in [5.41, 5.74) is 0. The number of hydrogen-bond donors (Lipinski definition) is 0. The summed E-state index contributed by atoms with van der Waals surface area (Å²) >= 11 is 0. The fourth-order valence-corrected chi connectivity index (χ4v) is 4.39. The van der Waals surface area contributed by atoms with Gasteiger partial charge < -0.3 is 9.85 Å². The van der Waals surface area contributed by atoms with Crippen molar-refractivity contribution in [3.63, 3.8) is 0 Å². The molecule has 0 heterocycles. The molecule has 0 aliphatic rings. The molecule has 158 valence electrons. The van der Waals surface area contributed by atoms with E-state index in [1.54, 1.807) is 0 Å². The maximum atomic E-state index is 14.0. The minimum absolute atomic E-state index is 0.0899. The number of quaternary nitrogens is 1. The fourth-order valence-electron chi connectivity index (χ4n) is 4.39. The van der Waals surface area contributed by atoms with Gasteiger partial charge in [0.05, 0.1) is 19.6 Å². The van der Waals surface area contributed by atoms with Crippen LogP contribution in [0.25, 0.3) is 0 Å². The second kappa shape index (κ2) is 15.9. The van der Waals surface area contributed by atoms with E-state index in [1.807, 2.05) is 0 Å². The van der Waals surface area contributed by atoms with Crippen molar-refractivity contribution in [2.75, 3.05) is 19.6 Å². The van der Waals surface area contributed by atoms with Crippen molar-refractivity contribution in [1.29, 1.82) is 0 Å². The lowest BCUT2D eigenvalue weighted by atomic mass is 9.92. The van der Waals surface area contributed by atoms with E-state index in [0.717, 1.165) is 19.6 Å². The van der Waals surface area contributed by atoms with Crippen LogP contribution in [0.3, 0.4) is 0 Å². The van der Waals surface area contributed by atoms with E-state index >= 15 is 0 Å². The SMILES string of the molecule is CCCCC(CC)C[N+]([O-])(CC(CC)CCCC)CC(CC)CCCC. The van der Waals surface area contributed by atoms with Crippen LogP contribution in [0.1, 0.15) is 119 Å². The van der Waals surface area contributed by atoms with Gasteiger partial charge in [0.2, 0.25) is 0 Å². The topological polar surface area (TPSA) is 23.1 Å². The first-order valence-electron chi connectivity index (χ1n) is 12.0. The van der Waals surface area contributed by atoms with E-state index in [4.69, 9.17) is 0 Å². The van der Waals surface area contributed by atoms with Gasteiger partial charge in [0.25, 0.3) is 0 Å². The van der Waals surface area contributed by atoms with Crippen LogP contribution in [-0.2, 0) is 0 Å². The van der Waals surface area contributed by atoms with Crippen LogP contribution in [0, 0.1) is 23.0 Å². The Hall–Kier alpha value is -0.0800. The van der Waals surface area contributed by atoms with E-state index in [-0.39, 0.29) is 4.65 Å². The molecule has 0 amide bonds. The van der Waals surface area contributed by atoms with Crippen molar-refractivity contribution in [1.82, 2.24) is 0 Å². The van der Waals surface area contributed by atoms with Gasteiger partial charge in [0, 0.05) is 17.8 Å². The zero-order valence-electron chi connectivity index (χ0n) is 19.2. The molecule has 0 fully saturated rings. The average molecular weight is 370 g/mol. The molecule has 0 aromatic heterocycles. The van der Waals surface area contributed by atoms with Crippen LogP contribution in [0.15, 0.2) is 0 Å². The third-order valence-corrected chi connectivity index (χ3v) is 6.40. The first kappa shape index (κ1) is 25.9. The maximum absolute atomic E-state index is 14.0. The minimum atomic E-state index is 0.0899. The van der Waals surface area contributed by atoms with Gasteiger partial charge in [-0.3, -0.25) is 0 Å². The van der Waals surface area contributed by atoms with E-state index < -0.39 is 0 Å². The predicted octanol–water partition coefficient (Wildman–Crippen LogP) is 7.95. The molecule has 0 saturated carbocycles. The lowest BCUT2D eigenvalue weighted by Gasteiger charge is -2.48. The predicted molar refractivity (Wildman–Crippen MR) is 118 cm³/mol. The second-order valence-corrected chi connectivity index (χ2v) is 8.86. The van der Waals surface area contributed by atoms with Crippen LogP contribution < -0.4 is 0 Å². The quantitative estimate of drug-likeness (QED) is 0.177. The van der Waals surface area contributed by atoms with Crippen LogP contribution >= 0.6 is 0 Å². The molecule has 26 heavy (non-hydrogen) atoms. The zero-order chi connectivity index (χ0) is 19.8. The summed E-state index contributed by atoms with van der Waals surface area (Å²) in [4.78, 5) is 0. The van der Waals surface area contributed by atoms with Crippen molar-refractivity contribution >= 4 is 0 Å². The number of rotatable bonds is 18. The summed E-state index contributed by atoms with van der Waals surface area (Å²) in [6, 6.07) is 0. The lowest BCUT2D eigenvalue weighted by molar-refractivity contribution is -0.891. The molecule has 0 N–H and O–H groups in total. The molecule has 3 unspecified atom stereocenters. The van der Waals surface area contributed by atoms with Crippen LogP contribution in [0.2, 0.25) is 0 Å². The molecule has 0 aromatic rings. The van der Waals surface area contributed by atoms with Gasteiger partial charge >= 0.3 is 0 Å². The van der Waals surface area contributed by atoms with Gasteiger partial charge in [-0.1, -0.05) is 80.1 Å². The van der Waals surface area contributed by atoms with E-state index in [0.29, 0.717) is 17.8 Å². The molecule has 0 bridgehead atoms. The molecular weight excluding hydrogens is 318 g/mol. The minimum Gasteiger partial charge on any atom is -0.633 e. The van der Waals surface area contributed by atoms with Crippen LogP contribution in [-0.4, -0.2) is 24.3 Å². The highest BCUT2D eigenvalue weighted by Gasteiger charge is 2.28. The van der Waals surface area contributed by atoms with Gasteiger partial charge in [-0.25, -0.2) is 0 Å². The summed E-state index contributed by atoms with van der Waals surface area (Å²) in [5, 5.41) is 14.0. The monoisotopic (exact) mass is 369 g/mol. The smallest absolute Gasteiger partial charge is 0.0812 e. The normalized spacial score (nSPS) is 17.7. The molecule has 0 saturated heterocycles. The molecular formula is C24H51NO. The van der Waals surface area contributed by atoms with Gasteiger partial charge in [-0.05, 0) is 38.5 Å². The summed E-state index contributed by atoms with van der Waals surface area (Å²) in [6.45, 7) is 16.2.